The van der Waals surface area contributed by atoms with Crippen LogP contribution in [0.1, 0.15) is 41.5 Å². The Labute approximate surface area is 77.1 Å². The molecule has 0 aliphatic carbocycles. The topological polar surface area (TPSA) is 24.7 Å². The van der Waals surface area contributed by atoms with Gasteiger partial charge in [-0.3, -0.25) is 0 Å². The molecule has 0 N–H and O–H groups in total. The van der Waals surface area contributed by atoms with E-state index in [2.05, 4.69) is 23.4 Å². The molecule has 0 aliphatic rings. The van der Waals surface area contributed by atoms with Crippen molar-refractivity contribution in [1.29, 1.82) is 0 Å². The van der Waals surface area contributed by atoms with Gasteiger partial charge in [0.15, 0.2) is 0 Å². The molecule has 0 saturated heterocycles. The molecule has 0 amide bonds. The fourth-order valence-electron chi connectivity index (χ4n) is 0.171. The molecule has 0 saturated carbocycles. The molecule has 0 aromatic heterocycles. The third-order valence-corrected chi connectivity index (χ3v) is 0.391. The first-order valence-electron chi connectivity index (χ1n) is 4.35. The highest BCUT2D eigenvalue weighted by molar-refractivity contribution is 4.88. The standard InChI is InChI=1S/C6H10N2.2C2H6/c1-5(2)7-8-6(3)4;2*1-2/h1,3H2,2,4H3;2*1-2H3. The zero-order valence-corrected chi connectivity index (χ0v) is 9.31. The molecule has 0 aromatic carbocycles. The number of allylic oxidation sites excluding steroid dienone is 2. The Hall–Kier alpha value is -0.920. The molecule has 12 heavy (non-hydrogen) atoms. The van der Waals surface area contributed by atoms with E-state index in [1.165, 1.54) is 0 Å². The molecule has 0 unspecified atom stereocenters. The van der Waals surface area contributed by atoms with Crippen LogP contribution in [0.2, 0.25) is 0 Å². The van der Waals surface area contributed by atoms with Crippen molar-refractivity contribution in [3.63, 3.8) is 0 Å². The van der Waals surface area contributed by atoms with Gasteiger partial charge in [0.1, 0.15) is 0 Å². The van der Waals surface area contributed by atoms with E-state index in [0.29, 0.717) is 11.4 Å². The average molecular weight is 170 g/mol. The maximum atomic E-state index is 3.66. The van der Waals surface area contributed by atoms with E-state index in [9.17, 15) is 0 Å². The van der Waals surface area contributed by atoms with Gasteiger partial charge < -0.3 is 0 Å². The smallest absolute Gasteiger partial charge is 0.0528 e. The molecule has 0 radical (unpaired) electrons. The van der Waals surface area contributed by atoms with Crippen molar-refractivity contribution in [2.45, 2.75) is 41.5 Å². The van der Waals surface area contributed by atoms with Crippen LogP contribution in [-0.4, -0.2) is 0 Å². The normalized spacial score (nSPS) is 7.50. The highest BCUT2D eigenvalue weighted by atomic mass is 15.1. The number of hydrogen-bond donors (Lipinski definition) is 0. The summed E-state index contributed by atoms with van der Waals surface area (Å²) in [6.07, 6.45) is 0. The first-order chi connectivity index (χ1) is 5.63. The van der Waals surface area contributed by atoms with Crippen LogP contribution < -0.4 is 0 Å². The molecule has 0 aromatic rings. The number of hydrogen-bond acceptors (Lipinski definition) is 2. The second-order valence-corrected chi connectivity index (χ2v) is 1.67. The molecule has 2 nitrogen and oxygen atoms in total. The van der Waals surface area contributed by atoms with Gasteiger partial charge in [-0.2, -0.15) is 10.2 Å². The lowest BCUT2D eigenvalue weighted by Gasteiger charge is -1.82. The summed E-state index contributed by atoms with van der Waals surface area (Å²) in [4.78, 5) is 0. The quantitative estimate of drug-likeness (QED) is 0.543. The largest absolute Gasteiger partial charge is 0.156 e. The predicted molar refractivity (Wildman–Crippen MR) is 57.2 cm³/mol. The SMILES string of the molecule is C=C(C)N=NC(=C)C.CC.CC. The van der Waals surface area contributed by atoms with Gasteiger partial charge in [0.25, 0.3) is 0 Å². The van der Waals surface area contributed by atoms with Gasteiger partial charge in [-0.15, -0.1) is 0 Å². The minimum Gasteiger partial charge on any atom is -0.156 e. The lowest BCUT2D eigenvalue weighted by Crippen LogP contribution is -1.61. The van der Waals surface area contributed by atoms with Gasteiger partial charge in [-0.25, -0.2) is 0 Å². The van der Waals surface area contributed by atoms with Crippen LogP contribution >= 0.6 is 0 Å². The summed E-state index contributed by atoms with van der Waals surface area (Å²) in [6, 6.07) is 0. The lowest BCUT2D eigenvalue weighted by molar-refractivity contribution is 1.07. The fourth-order valence-corrected chi connectivity index (χ4v) is 0.171. The summed E-state index contributed by atoms with van der Waals surface area (Å²) < 4.78 is 0. The monoisotopic (exact) mass is 170 g/mol. The predicted octanol–water partition coefficient (Wildman–Crippen LogP) is 4.56. The third-order valence-electron chi connectivity index (χ3n) is 0.391. The van der Waals surface area contributed by atoms with Crippen LogP contribution in [0.5, 0.6) is 0 Å². The molecule has 0 bridgehead atoms. The Morgan fingerprint density at radius 1 is 0.750 bits per heavy atom. The summed E-state index contributed by atoms with van der Waals surface area (Å²) in [5.74, 6) is 0. The molecule has 72 valence electrons. The maximum Gasteiger partial charge on any atom is 0.0528 e. The van der Waals surface area contributed by atoms with E-state index in [1.807, 2.05) is 27.7 Å². The number of rotatable bonds is 2. The minimum atomic E-state index is 0.702. The average Bonchev–Trinajstić information content (AvgIpc) is 2.08. The highest BCUT2D eigenvalue weighted by Gasteiger charge is 1.74. The van der Waals surface area contributed by atoms with Gasteiger partial charge in [0.05, 0.1) is 11.4 Å². The van der Waals surface area contributed by atoms with Gasteiger partial charge in [0.2, 0.25) is 0 Å². The third kappa shape index (κ3) is 35.6. The summed E-state index contributed by atoms with van der Waals surface area (Å²) in [5, 5.41) is 7.31. The Morgan fingerprint density at radius 3 is 1.00 bits per heavy atom. The lowest BCUT2D eigenvalue weighted by atomic mass is 10.6. The van der Waals surface area contributed by atoms with Crippen molar-refractivity contribution in [3.05, 3.63) is 24.6 Å². The number of azo groups is 1. The van der Waals surface area contributed by atoms with Gasteiger partial charge in [0, 0.05) is 0 Å². The van der Waals surface area contributed by atoms with Crippen LogP contribution in [-0.2, 0) is 0 Å². The molecule has 0 atom stereocenters. The van der Waals surface area contributed by atoms with Gasteiger partial charge >= 0.3 is 0 Å². The first kappa shape index (κ1) is 17.2. The Balaban J connectivity index is -0.000000175. The Morgan fingerprint density at radius 2 is 0.917 bits per heavy atom. The summed E-state index contributed by atoms with van der Waals surface area (Å²) in [5.41, 5.74) is 1.40. The first-order valence-corrected chi connectivity index (χ1v) is 4.35. The van der Waals surface area contributed by atoms with Crippen LogP contribution in [0.15, 0.2) is 34.8 Å². The van der Waals surface area contributed by atoms with E-state index in [0.717, 1.165) is 0 Å². The highest BCUT2D eigenvalue weighted by Crippen LogP contribution is 1.95. The molecule has 0 aliphatic heterocycles. The molecular weight excluding hydrogens is 148 g/mol. The fraction of sp³-hybridized carbons (Fsp3) is 0.600. The summed E-state index contributed by atoms with van der Waals surface area (Å²) in [7, 11) is 0. The molecule has 0 heterocycles. The van der Waals surface area contributed by atoms with Crippen molar-refractivity contribution in [1.82, 2.24) is 0 Å². The molecule has 2 heteroatoms. The van der Waals surface area contributed by atoms with Gasteiger partial charge in [-0.05, 0) is 13.8 Å². The van der Waals surface area contributed by atoms with Crippen molar-refractivity contribution in [2.24, 2.45) is 10.2 Å². The van der Waals surface area contributed by atoms with E-state index in [1.54, 1.807) is 13.8 Å². The van der Waals surface area contributed by atoms with Crippen LogP contribution in [0.25, 0.3) is 0 Å². The maximum absolute atomic E-state index is 3.66. The zero-order chi connectivity index (χ0) is 10.6. The Bertz CT molecular complexity index is 119. The summed E-state index contributed by atoms with van der Waals surface area (Å²) >= 11 is 0. The van der Waals surface area contributed by atoms with Gasteiger partial charge in [-0.1, -0.05) is 40.9 Å². The summed E-state index contributed by atoms with van der Waals surface area (Å²) in [6.45, 7) is 18.6. The number of nitrogens with zero attached hydrogens (tertiary/aromatic N) is 2. The molecule has 0 spiro atoms. The zero-order valence-electron chi connectivity index (χ0n) is 9.31. The molecule has 0 fully saturated rings. The minimum absolute atomic E-state index is 0.702. The van der Waals surface area contributed by atoms with Crippen molar-refractivity contribution >= 4 is 0 Å². The van der Waals surface area contributed by atoms with Crippen molar-refractivity contribution in [2.75, 3.05) is 0 Å². The molecular formula is C10H22N2. The van der Waals surface area contributed by atoms with E-state index < -0.39 is 0 Å². The second-order valence-electron chi connectivity index (χ2n) is 1.67. The van der Waals surface area contributed by atoms with Crippen molar-refractivity contribution in [3.8, 4) is 0 Å². The van der Waals surface area contributed by atoms with Crippen LogP contribution in [0.3, 0.4) is 0 Å². The van der Waals surface area contributed by atoms with E-state index in [4.69, 9.17) is 0 Å². The second kappa shape index (κ2) is 16.6. The van der Waals surface area contributed by atoms with Crippen LogP contribution in [0, 0.1) is 0 Å². The van der Waals surface area contributed by atoms with Crippen LogP contribution in [0.4, 0.5) is 0 Å². The molecule has 0 rings (SSSR count). The van der Waals surface area contributed by atoms with Crippen molar-refractivity contribution < 1.29 is 0 Å². The Kier molecular flexibility index (Phi) is 23.8. The van der Waals surface area contributed by atoms with E-state index >= 15 is 0 Å². The van der Waals surface area contributed by atoms with E-state index in [-0.39, 0.29) is 0 Å².